The highest BCUT2D eigenvalue weighted by molar-refractivity contribution is 6.01. The average Bonchev–Trinajstić information content (AvgIpc) is 3.24. The van der Waals surface area contributed by atoms with Gasteiger partial charge in [-0.25, -0.2) is 0 Å². The fourth-order valence-corrected chi connectivity index (χ4v) is 3.45. The van der Waals surface area contributed by atoms with Crippen LogP contribution in [0.15, 0.2) is 40.8 Å². The molecule has 2 amide bonds. The van der Waals surface area contributed by atoms with Crippen molar-refractivity contribution in [3.05, 3.63) is 47.9 Å². The Kier molecular flexibility index (Phi) is 5.54. The smallest absolute Gasteiger partial charge is 0.228 e. The molecule has 1 aliphatic rings. The molecule has 1 atom stereocenters. The largest absolute Gasteiger partial charge is 0.495 e. The predicted octanol–water partition coefficient (Wildman–Crippen LogP) is 3.39. The first-order valence-corrected chi connectivity index (χ1v) is 9.20. The second-order valence-corrected chi connectivity index (χ2v) is 7.15. The molecule has 2 aromatic rings. The molecule has 0 N–H and O–H groups in total. The van der Waals surface area contributed by atoms with Crippen LogP contribution in [0.1, 0.15) is 31.8 Å². The number of methoxy groups -OCH3 is 1. The lowest BCUT2D eigenvalue weighted by Crippen LogP contribution is -2.41. The summed E-state index contributed by atoms with van der Waals surface area (Å²) in [5.41, 5.74) is 0.707. The van der Waals surface area contributed by atoms with Gasteiger partial charge >= 0.3 is 0 Å². The summed E-state index contributed by atoms with van der Waals surface area (Å²) in [7, 11) is 1.58. The van der Waals surface area contributed by atoms with Crippen LogP contribution in [-0.4, -0.2) is 36.4 Å². The first-order valence-electron chi connectivity index (χ1n) is 9.20. The van der Waals surface area contributed by atoms with E-state index in [1.54, 1.807) is 16.9 Å². The third-order valence-corrected chi connectivity index (χ3v) is 4.88. The zero-order chi connectivity index (χ0) is 19.6. The van der Waals surface area contributed by atoms with Crippen LogP contribution in [-0.2, 0) is 16.1 Å². The third-order valence-electron chi connectivity index (χ3n) is 4.88. The van der Waals surface area contributed by atoms with E-state index in [9.17, 15) is 9.59 Å². The van der Waals surface area contributed by atoms with Crippen LogP contribution in [0.3, 0.4) is 0 Å². The van der Waals surface area contributed by atoms with Gasteiger partial charge in [0.25, 0.3) is 0 Å². The Morgan fingerprint density at radius 2 is 2.04 bits per heavy atom. The summed E-state index contributed by atoms with van der Waals surface area (Å²) in [4.78, 5) is 29.2. The zero-order valence-corrected chi connectivity index (χ0v) is 16.3. The van der Waals surface area contributed by atoms with E-state index in [2.05, 4.69) is 0 Å². The van der Waals surface area contributed by atoms with E-state index >= 15 is 0 Å². The summed E-state index contributed by atoms with van der Waals surface area (Å²) >= 11 is 0. The van der Waals surface area contributed by atoms with E-state index in [4.69, 9.17) is 9.15 Å². The van der Waals surface area contributed by atoms with Crippen LogP contribution in [0.5, 0.6) is 5.75 Å². The van der Waals surface area contributed by atoms with Gasteiger partial charge < -0.3 is 19.0 Å². The Hall–Kier alpha value is -2.76. The highest BCUT2D eigenvalue weighted by atomic mass is 16.5. The molecule has 2 heterocycles. The van der Waals surface area contributed by atoms with Crippen molar-refractivity contribution >= 4 is 17.5 Å². The molecule has 27 heavy (non-hydrogen) atoms. The van der Waals surface area contributed by atoms with E-state index in [0.29, 0.717) is 24.5 Å². The molecular formula is C21H26N2O4. The fraction of sp³-hybridized carbons (Fsp3) is 0.429. The van der Waals surface area contributed by atoms with Crippen LogP contribution >= 0.6 is 0 Å². The quantitative estimate of drug-likeness (QED) is 0.782. The topological polar surface area (TPSA) is 63.0 Å². The summed E-state index contributed by atoms with van der Waals surface area (Å²) in [5.74, 6) is 1.74. The Bertz CT molecular complexity index is 827. The first kappa shape index (κ1) is 19.0. The number of hydrogen-bond acceptors (Lipinski definition) is 4. The minimum atomic E-state index is -0.374. The molecule has 1 aliphatic heterocycles. The van der Waals surface area contributed by atoms with E-state index in [1.165, 1.54) is 0 Å². The van der Waals surface area contributed by atoms with Crippen LogP contribution < -0.4 is 9.64 Å². The van der Waals surface area contributed by atoms with Crippen LogP contribution in [0, 0.1) is 12.8 Å². The van der Waals surface area contributed by atoms with Gasteiger partial charge in [-0.1, -0.05) is 12.1 Å². The summed E-state index contributed by atoms with van der Waals surface area (Å²) in [6.45, 7) is 6.60. The Balaban J connectivity index is 1.77. The van der Waals surface area contributed by atoms with Crippen molar-refractivity contribution in [3.8, 4) is 5.75 Å². The molecule has 0 aliphatic carbocycles. The SMILES string of the molecule is COc1ccccc1N1CC(C(=O)N(Cc2ccc(C)o2)C(C)C)CC1=O. The number of carbonyl (C=O) groups is 2. The number of hydrogen-bond donors (Lipinski definition) is 0. The Morgan fingerprint density at radius 3 is 2.67 bits per heavy atom. The van der Waals surface area contributed by atoms with Gasteiger partial charge in [-0.3, -0.25) is 9.59 Å². The summed E-state index contributed by atoms with van der Waals surface area (Å²) in [6.07, 6.45) is 0.206. The number of carbonyl (C=O) groups excluding carboxylic acids is 2. The molecule has 144 valence electrons. The van der Waals surface area contributed by atoms with Crippen LogP contribution in [0.25, 0.3) is 0 Å². The van der Waals surface area contributed by atoms with Gasteiger partial charge in [0, 0.05) is 19.0 Å². The van der Waals surface area contributed by atoms with Crippen molar-refractivity contribution in [2.45, 2.75) is 39.8 Å². The van der Waals surface area contributed by atoms with Crippen molar-refractivity contribution in [3.63, 3.8) is 0 Å². The Labute approximate surface area is 159 Å². The standard InChI is InChI=1S/C21H26N2O4/c1-14(2)22(13-17-10-9-15(3)27-17)21(25)16-11-20(24)23(12-16)18-7-5-6-8-19(18)26-4/h5-10,14,16H,11-13H2,1-4H3. The highest BCUT2D eigenvalue weighted by Gasteiger charge is 2.38. The van der Waals surface area contributed by atoms with E-state index in [-0.39, 0.29) is 30.2 Å². The van der Waals surface area contributed by atoms with Gasteiger partial charge in [0.2, 0.25) is 11.8 Å². The minimum absolute atomic E-state index is 0.0123. The number of benzene rings is 1. The van der Waals surface area contributed by atoms with Gasteiger partial charge in [-0.15, -0.1) is 0 Å². The number of ether oxygens (including phenoxy) is 1. The molecule has 6 heteroatoms. The van der Waals surface area contributed by atoms with Gasteiger partial charge in [-0.2, -0.15) is 0 Å². The zero-order valence-electron chi connectivity index (χ0n) is 16.3. The summed E-state index contributed by atoms with van der Waals surface area (Å²) in [6, 6.07) is 11.2. The molecule has 1 unspecified atom stereocenters. The minimum Gasteiger partial charge on any atom is -0.495 e. The lowest BCUT2D eigenvalue weighted by Gasteiger charge is -2.28. The average molecular weight is 370 g/mol. The number of furan rings is 1. The van der Waals surface area contributed by atoms with Crippen molar-refractivity contribution < 1.29 is 18.7 Å². The number of para-hydroxylation sites is 2. The number of rotatable bonds is 6. The van der Waals surface area contributed by atoms with Crippen molar-refractivity contribution in [2.75, 3.05) is 18.6 Å². The molecule has 1 aromatic heterocycles. The molecule has 1 aromatic carbocycles. The third kappa shape index (κ3) is 3.99. The molecule has 0 saturated carbocycles. The number of amides is 2. The maximum atomic E-state index is 13.1. The number of nitrogens with zero attached hydrogens (tertiary/aromatic N) is 2. The summed E-state index contributed by atoms with van der Waals surface area (Å²) < 4.78 is 11.0. The van der Waals surface area contributed by atoms with Gasteiger partial charge in [0.1, 0.15) is 17.3 Å². The number of aryl methyl sites for hydroxylation is 1. The molecule has 1 fully saturated rings. The van der Waals surface area contributed by atoms with Gasteiger partial charge in [0.05, 0.1) is 25.3 Å². The molecule has 0 radical (unpaired) electrons. The molecule has 3 rings (SSSR count). The Morgan fingerprint density at radius 1 is 1.30 bits per heavy atom. The normalized spacial score (nSPS) is 16.9. The van der Waals surface area contributed by atoms with Gasteiger partial charge in [-0.05, 0) is 45.0 Å². The van der Waals surface area contributed by atoms with Crippen LogP contribution in [0.4, 0.5) is 5.69 Å². The van der Waals surface area contributed by atoms with E-state index in [1.807, 2.05) is 57.2 Å². The highest BCUT2D eigenvalue weighted by Crippen LogP contribution is 2.33. The maximum Gasteiger partial charge on any atom is 0.228 e. The maximum absolute atomic E-state index is 13.1. The van der Waals surface area contributed by atoms with Crippen LogP contribution in [0.2, 0.25) is 0 Å². The second kappa shape index (κ2) is 7.86. The number of anilines is 1. The predicted molar refractivity (Wildman–Crippen MR) is 103 cm³/mol. The lowest BCUT2D eigenvalue weighted by molar-refractivity contribution is -0.138. The van der Waals surface area contributed by atoms with E-state index < -0.39 is 0 Å². The van der Waals surface area contributed by atoms with Crippen molar-refractivity contribution in [2.24, 2.45) is 5.92 Å². The first-order chi connectivity index (χ1) is 12.9. The van der Waals surface area contributed by atoms with Crippen molar-refractivity contribution in [1.82, 2.24) is 4.90 Å². The van der Waals surface area contributed by atoms with Gasteiger partial charge in [0.15, 0.2) is 0 Å². The molecular weight excluding hydrogens is 344 g/mol. The second-order valence-electron chi connectivity index (χ2n) is 7.15. The molecule has 6 nitrogen and oxygen atoms in total. The van der Waals surface area contributed by atoms with Crippen molar-refractivity contribution in [1.29, 1.82) is 0 Å². The monoisotopic (exact) mass is 370 g/mol. The van der Waals surface area contributed by atoms with E-state index in [0.717, 1.165) is 11.5 Å². The molecule has 0 bridgehead atoms. The molecule has 1 saturated heterocycles. The lowest BCUT2D eigenvalue weighted by atomic mass is 10.1. The molecule has 0 spiro atoms. The fourth-order valence-electron chi connectivity index (χ4n) is 3.45. The summed E-state index contributed by atoms with van der Waals surface area (Å²) in [5, 5.41) is 0.